The molecule has 1 atom stereocenters. The van der Waals surface area contributed by atoms with Crippen LogP contribution in [0, 0.1) is 29.1 Å². The minimum atomic E-state index is -0.903. The summed E-state index contributed by atoms with van der Waals surface area (Å²) in [5.74, 6) is 0.608. The molecule has 8 heteroatoms. The number of hydrogen-bond acceptors (Lipinski definition) is 8. The fourth-order valence-corrected chi connectivity index (χ4v) is 8.47. The predicted octanol–water partition coefficient (Wildman–Crippen LogP) is 5.06. The van der Waals surface area contributed by atoms with Gasteiger partial charge >= 0.3 is 11.9 Å². The molecule has 4 aliphatic carbocycles. The summed E-state index contributed by atoms with van der Waals surface area (Å²) in [4.78, 5) is 28.4. The number of benzene rings is 2. The van der Waals surface area contributed by atoms with Gasteiger partial charge < -0.3 is 19.9 Å². The molecule has 0 spiro atoms. The molecule has 1 unspecified atom stereocenters. The van der Waals surface area contributed by atoms with Gasteiger partial charge in [-0.3, -0.25) is 4.90 Å². The molecule has 0 amide bonds. The van der Waals surface area contributed by atoms with E-state index in [0.29, 0.717) is 29.0 Å². The van der Waals surface area contributed by atoms with Gasteiger partial charge in [0, 0.05) is 11.3 Å². The molecule has 0 radical (unpaired) electrons. The maximum absolute atomic E-state index is 13.5. The van der Waals surface area contributed by atoms with E-state index in [-0.39, 0.29) is 28.1 Å². The largest absolute Gasteiger partial charge is 0.496 e. The molecular formula is C33H35N3O5. The van der Waals surface area contributed by atoms with Crippen molar-refractivity contribution in [1.82, 2.24) is 0 Å². The Kier molecular flexibility index (Phi) is 6.77. The lowest BCUT2D eigenvalue weighted by Gasteiger charge is -2.57. The average molecular weight is 554 g/mol. The lowest BCUT2D eigenvalue weighted by atomic mass is 9.48. The summed E-state index contributed by atoms with van der Waals surface area (Å²) in [6.45, 7) is 0. The molecule has 4 fully saturated rings. The van der Waals surface area contributed by atoms with Crippen LogP contribution in [0.1, 0.15) is 55.6 Å². The average Bonchev–Trinajstić information content (AvgIpc) is 2.99. The van der Waals surface area contributed by atoms with E-state index in [0.717, 1.165) is 30.6 Å². The number of carbonyl (C=O) groups is 2. The first-order valence-corrected chi connectivity index (χ1v) is 14.2. The van der Waals surface area contributed by atoms with E-state index in [2.05, 4.69) is 6.07 Å². The summed E-state index contributed by atoms with van der Waals surface area (Å²) < 4.78 is 16.3. The van der Waals surface area contributed by atoms with Crippen LogP contribution in [0.2, 0.25) is 0 Å². The zero-order chi connectivity index (χ0) is 28.9. The number of allylic oxidation sites excluding steroid dienone is 1. The predicted molar refractivity (Wildman–Crippen MR) is 152 cm³/mol. The molecule has 4 bridgehead atoms. The number of rotatable bonds is 6. The van der Waals surface area contributed by atoms with E-state index in [9.17, 15) is 14.9 Å². The monoisotopic (exact) mass is 553 g/mol. The van der Waals surface area contributed by atoms with Gasteiger partial charge in [-0.05, 0) is 85.5 Å². The zero-order valence-electron chi connectivity index (χ0n) is 23.7. The van der Waals surface area contributed by atoms with Crippen LogP contribution in [0.25, 0.3) is 0 Å². The van der Waals surface area contributed by atoms with Crippen molar-refractivity contribution in [2.45, 2.75) is 49.9 Å². The molecule has 8 nitrogen and oxygen atoms in total. The smallest absolute Gasteiger partial charge is 0.355 e. The van der Waals surface area contributed by atoms with Crippen LogP contribution < -0.4 is 15.4 Å². The van der Waals surface area contributed by atoms with Gasteiger partial charge in [0.05, 0.1) is 44.5 Å². The van der Waals surface area contributed by atoms with Gasteiger partial charge in [0.1, 0.15) is 17.3 Å². The van der Waals surface area contributed by atoms with Crippen molar-refractivity contribution < 1.29 is 23.8 Å². The Morgan fingerprint density at radius 3 is 2.07 bits per heavy atom. The molecule has 2 N–H and O–H groups in total. The standard InChI is InChI=1S/C33H35N3O5/c1-39-26-10-9-23(14-25(26)33-15-19-11-20(16-33)13-21(12-19)17-33)36-29(32(38)41-3)28(31(37)40-2)27(24(18-34)30(36)35)22-7-5-4-6-8-22/h4-10,14,19-21,27H,11-13,15-17,35H2,1-3H3. The highest BCUT2D eigenvalue weighted by molar-refractivity contribution is 6.06. The van der Waals surface area contributed by atoms with Gasteiger partial charge in [-0.1, -0.05) is 30.3 Å². The van der Waals surface area contributed by atoms with Crippen molar-refractivity contribution >= 4 is 17.6 Å². The van der Waals surface area contributed by atoms with Crippen LogP contribution in [0.3, 0.4) is 0 Å². The second-order valence-corrected chi connectivity index (χ2v) is 11.9. The van der Waals surface area contributed by atoms with Crippen molar-refractivity contribution in [3.63, 3.8) is 0 Å². The number of anilines is 1. The maximum Gasteiger partial charge on any atom is 0.355 e. The van der Waals surface area contributed by atoms with Crippen LogP contribution in [0.5, 0.6) is 5.75 Å². The van der Waals surface area contributed by atoms with Crippen LogP contribution in [-0.2, 0) is 24.5 Å². The number of methoxy groups -OCH3 is 3. The summed E-state index contributed by atoms with van der Waals surface area (Å²) in [7, 11) is 4.19. The Balaban J connectivity index is 1.57. The normalized spacial score (nSPS) is 28.4. The molecule has 1 heterocycles. The Labute approximate surface area is 240 Å². The van der Waals surface area contributed by atoms with E-state index in [1.54, 1.807) is 31.4 Å². The van der Waals surface area contributed by atoms with Crippen LogP contribution in [-0.4, -0.2) is 33.3 Å². The first-order valence-electron chi connectivity index (χ1n) is 14.2. The first-order chi connectivity index (χ1) is 19.8. The summed E-state index contributed by atoms with van der Waals surface area (Å²) in [6.07, 6.45) is 7.22. The fourth-order valence-electron chi connectivity index (χ4n) is 8.47. The number of nitrogens with zero attached hydrogens (tertiary/aromatic N) is 2. The number of esters is 2. The van der Waals surface area contributed by atoms with Crippen LogP contribution in [0.4, 0.5) is 5.69 Å². The van der Waals surface area contributed by atoms with Gasteiger partial charge in [-0.2, -0.15) is 5.26 Å². The summed E-state index contributed by atoms with van der Waals surface area (Å²) in [6, 6.07) is 17.0. The maximum atomic E-state index is 13.5. The number of nitrogens with two attached hydrogens (primary N) is 1. The minimum absolute atomic E-state index is 0.00322. The van der Waals surface area contributed by atoms with Crippen molar-refractivity contribution in [3.05, 3.63) is 82.3 Å². The van der Waals surface area contributed by atoms with Gasteiger partial charge in [0.2, 0.25) is 0 Å². The molecule has 0 aromatic heterocycles. The second kappa shape index (κ2) is 10.3. The topological polar surface area (TPSA) is 115 Å². The molecule has 2 aromatic rings. The van der Waals surface area contributed by atoms with Gasteiger partial charge in [0.15, 0.2) is 0 Å². The molecule has 7 rings (SSSR count). The Hall–Kier alpha value is -4.25. The number of carbonyl (C=O) groups excluding carboxylic acids is 2. The second-order valence-electron chi connectivity index (χ2n) is 11.9. The molecular weight excluding hydrogens is 518 g/mol. The summed E-state index contributed by atoms with van der Waals surface area (Å²) in [5.41, 5.74) is 9.13. The molecule has 1 aliphatic heterocycles. The van der Waals surface area contributed by atoms with E-state index in [1.165, 1.54) is 38.4 Å². The van der Waals surface area contributed by atoms with E-state index >= 15 is 0 Å². The third-order valence-corrected chi connectivity index (χ3v) is 9.66. The van der Waals surface area contributed by atoms with Crippen LogP contribution in [0.15, 0.2) is 71.2 Å². The van der Waals surface area contributed by atoms with Crippen molar-refractivity contribution in [3.8, 4) is 11.8 Å². The molecule has 0 saturated heterocycles. The lowest BCUT2D eigenvalue weighted by molar-refractivity contribution is -0.139. The van der Waals surface area contributed by atoms with Gasteiger partial charge in [-0.15, -0.1) is 0 Å². The SMILES string of the molecule is COC(=O)C1=C(C(=O)OC)N(c2ccc(OC)c(C34CC5CC(CC(C5)C3)C4)c2)C(N)=C(C#N)C1c1ccccc1. The van der Waals surface area contributed by atoms with Gasteiger partial charge in [-0.25, -0.2) is 9.59 Å². The van der Waals surface area contributed by atoms with Crippen LogP contribution >= 0.6 is 0 Å². The van der Waals surface area contributed by atoms with Crippen molar-refractivity contribution in [2.24, 2.45) is 23.5 Å². The van der Waals surface area contributed by atoms with Gasteiger partial charge in [0.25, 0.3) is 0 Å². The molecule has 5 aliphatic rings. The number of hydrogen-bond donors (Lipinski definition) is 1. The van der Waals surface area contributed by atoms with Crippen molar-refractivity contribution in [2.75, 3.05) is 26.2 Å². The highest BCUT2D eigenvalue weighted by Gasteiger charge is 2.53. The Bertz CT molecular complexity index is 1470. The summed E-state index contributed by atoms with van der Waals surface area (Å²) in [5, 5.41) is 10.4. The fraction of sp³-hybridized carbons (Fsp3) is 0.424. The Morgan fingerprint density at radius 2 is 1.54 bits per heavy atom. The third-order valence-electron chi connectivity index (χ3n) is 9.66. The summed E-state index contributed by atoms with van der Waals surface area (Å²) >= 11 is 0. The molecule has 41 heavy (non-hydrogen) atoms. The van der Waals surface area contributed by atoms with E-state index < -0.39 is 17.9 Å². The molecule has 4 saturated carbocycles. The molecule has 2 aromatic carbocycles. The Morgan fingerprint density at radius 1 is 0.927 bits per heavy atom. The number of nitriles is 1. The zero-order valence-corrected chi connectivity index (χ0v) is 23.7. The minimum Gasteiger partial charge on any atom is -0.496 e. The molecule has 212 valence electrons. The van der Waals surface area contributed by atoms with E-state index in [4.69, 9.17) is 19.9 Å². The third kappa shape index (κ3) is 4.26. The lowest BCUT2D eigenvalue weighted by Crippen LogP contribution is -2.48. The van der Waals surface area contributed by atoms with Crippen molar-refractivity contribution in [1.29, 1.82) is 5.26 Å². The quantitative estimate of drug-likeness (QED) is 0.494. The number of ether oxygens (including phenoxy) is 3. The first kappa shape index (κ1) is 26.9. The highest BCUT2D eigenvalue weighted by Crippen LogP contribution is 2.62. The van der Waals surface area contributed by atoms with E-state index in [1.807, 2.05) is 24.3 Å². The highest BCUT2D eigenvalue weighted by atomic mass is 16.5.